The Morgan fingerprint density at radius 3 is 1.18 bits per heavy atom. The first-order chi connectivity index (χ1) is 21.8. The summed E-state index contributed by atoms with van der Waals surface area (Å²) in [5.41, 5.74) is 5.58. The van der Waals surface area contributed by atoms with Crippen LogP contribution in [0.15, 0.2) is 110 Å². The lowest BCUT2D eigenvalue weighted by molar-refractivity contribution is 0.662. The van der Waals surface area contributed by atoms with Crippen LogP contribution in [0.25, 0.3) is 22.5 Å². The average Bonchev–Trinajstić information content (AvgIpc) is 3.45. The standard InChI is InChI=1S/C29H24N6.C3H8.3C2H6/c1-2-25-34(23-13-5-3-6-14-23)28-29(35(25)24-15-7-4-8-16-24)33-27(22-12-10-18-31-20-22)26(32-28)21-11-9-17-30-19-21;1-3-2;3*1-2/h3-20,25H,2H2,1H3;3H2,1-2H3;3*1-2H3. The minimum atomic E-state index is 0.0284. The molecule has 4 heterocycles. The minimum absolute atomic E-state index is 0.0284. The van der Waals surface area contributed by atoms with Crippen LogP contribution < -0.4 is 9.80 Å². The summed E-state index contributed by atoms with van der Waals surface area (Å²) in [6.45, 7) is 18.5. The van der Waals surface area contributed by atoms with Gasteiger partial charge in [0.2, 0.25) is 0 Å². The molecule has 0 aliphatic carbocycles. The van der Waals surface area contributed by atoms with E-state index >= 15 is 0 Å². The van der Waals surface area contributed by atoms with Gasteiger partial charge in [-0.3, -0.25) is 9.97 Å². The van der Waals surface area contributed by atoms with Gasteiger partial charge in [0.05, 0.1) is 0 Å². The number of pyridine rings is 2. The van der Waals surface area contributed by atoms with Crippen molar-refractivity contribution in [3.8, 4) is 22.5 Å². The number of nitrogens with zero attached hydrogens (tertiary/aromatic N) is 6. The molecule has 0 spiro atoms. The van der Waals surface area contributed by atoms with Crippen molar-refractivity contribution >= 4 is 23.0 Å². The van der Waals surface area contributed by atoms with Crippen molar-refractivity contribution < 1.29 is 0 Å². The molecule has 5 aromatic rings. The average molecular weight is 591 g/mol. The van der Waals surface area contributed by atoms with Gasteiger partial charge in [-0.05, 0) is 55.0 Å². The van der Waals surface area contributed by atoms with Gasteiger partial charge in [-0.2, -0.15) is 0 Å². The molecule has 0 saturated heterocycles. The Morgan fingerprint density at radius 2 is 0.886 bits per heavy atom. The van der Waals surface area contributed by atoms with Crippen molar-refractivity contribution in [3.05, 3.63) is 110 Å². The fourth-order valence-corrected chi connectivity index (χ4v) is 4.68. The summed E-state index contributed by atoms with van der Waals surface area (Å²) in [7, 11) is 0. The molecule has 1 aliphatic heterocycles. The number of anilines is 4. The molecule has 0 unspecified atom stereocenters. The van der Waals surface area contributed by atoms with Crippen molar-refractivity contribution in [2.24, 2.45) is 0 Å². The molecule has 0 N–H and O–H groups in total. The second-order valence-corrected chi connectivity index (χ2v) is 9.06. The molecule has 44 heavy (non-hydrogen) atoms. The smallest absolute Gasteiger partial charge is 0.179 e. The van der Waals surface area contributed by atoms with Gasteiger partial charge in [-0.15, -0.1) is 0 Å². The number of aromatic nitrogens is 4. The SMILES string of the molecule is CC.CC.CC.CCC.CCC1N(c2ccccc2)c2nc(-c3cccnc3)c(-c3cccnc3)nc2N1c1ccccc1. The number of fused-ring (bicyclic) bond motifs is 1. The maximum Gasteiger partial charge on any atom is 0.179 e. The Hall–Kier alpha value is -4.58. The topological polar surface area (TPSA) is 58.0 Å². The number of rotatable bonds is 5. The summed E-state index contributed by atoms with van der Waals surface area (Å²) >= 11 is 0. The molecule has 2 aromatic carbocycles. The molecular formula is C38H50N6. The Balaban J connectivity index is 0.000000685. The maximum absolute atomic E-state index is 5.29. The van der Waals surface area contributed by atoms with Gasteiger partial charge in [0.15, 0.2) is 11.6 Å². The summed E-state index contributed by atoms with van der Waals surface area (Å²) in [5, 5.41) is 0. The van der Waals surface area contributed by atoms with Gasteiger partial charge in [0.25, 0.3) is 0 Å². The maximum atomic E-state index is 5.29. The highest BCUT2D eigenvalue weighted by atomic mass is 15.5. The molecule has 0 radical (unpaired) electrons. The lowest BCUT2D eigenvalue weighted by atomic mass is 10.1. The van der Waals surface area contributed by atoms with E-state index in [0.717, 1.165) is 51.9 Å². The summed E-state index contributed by atoms with van der Waals surface area (Å²) in [6, 6.07) is 28.7. The van der Waals surface area contributed by atoms with Gasteiger partial charge in [0.1, 0.15) is 17.6 Å². The highest BCUT2D eigenvalue weighted by molar-refractivity contribution is 5.89. The molecule has 3 aromatic heterocycles. The lowest BCUT2D eigenvalue weighted by Crippen LogP contribution is -2.37. The molecule has 0 atom stereocenters. The predicted octanol–water partition coefficient (Wildman–Crippen LogP) is 11.1. The number of para-hydroxylation sites is 2. The van der Waals surface area contributed by atoms with E-state index in [0.29, 0.717) is 0 Å². The third-order valence-corrected chi connectivity index (χ3v) is 6.22. The van der Waals surface area contributed by atoms with Crippen LogP contribution in [-0.2, 0) is 0 Å². The van der Waals surface area contributed by atoms with Crippen LogP contribution in [0.1, 0.15) is 75.2 Å². The van der Waals surface area contributed by atoms with E-state index in [-0.39, 0.29) is 6.17 Å². The first-order valence-electron chi connectivity index (χ1n) is 16.2. The first kappa shape index (κ1) is 35.6. The summed E-state index contributed by atoms with van der Waals surface area (Å²) in [4.78, 5) is 23.9. The Labute approximate surface area is 265 Å². The van der Waals surface area contributed by atoms with E-state index in [1.165, 1.54) is 6.42 Å². The summed E-state index contributed by atoms with van der Waals surface area (Å²) in [5.74, 6) is 1.66. The zero-order chi connectivity index (χ0) is 32.3. The molecule has 0 fully saturated rings. The van der Waals surface area contributed by atoms with Crippen molar-refractivity contribution in [3.63, 3.8) is 0 Å². The second-order valence-electron chi connectivity index (χ2n) is 9.06. The van der Waals surface area contributed by atoms with Gasteiger partial charge in [-0.25, -0.2) is 9.97 Å². The van der Waals surface area contributed by atoms with E-state index in [1.54, 1.807) is 12.4 Å². The Kier molecular flexibility index (Phi) is 15.8. The lowest BCUT2D eigenvalue weighted by Gasteiger charge is -2.31. The minimum Gasteiger partial charge on any atom is -0.302 e. The molecule has 232 valence electrons. The summed E-state index contributed by atoms with van der Waals surface area (Å²) in [6.07, 6.45) is 9.38. The van der Waals surface area contributed by atoms with E-state index in [4.69, 9.17) is 9.97 Å². The third-order valence-electron chi connectivity index (χ3n) is 6.22. The van der Waals surface area contributed by atoms with E-state index < -0.39 is 0 Å². The predicted molar refractivity (Wildman–Crippen MR) is 190 cm³/mol. The number of benzene rings is 2. The van der Waals surface area contributed by atoms with Crippen LogP contribution in [0.4, 0.5) is 23.0 Å². The normalized spacial score (nSPS) is 11.3. The van der Waals surface area contributed by atoms with Crippen molar-refractivity contribution in [1.29, 1.82) is 0 Å². The van der Waals surface area contributed by atoms with Gasteiger partial charge in [0, 0.05) is 47.3 Å². The highest BCUT2D eigenvalue weighted by Crippen LogP contribution is 2.48. The Morgan fingerprint density at radius 1 is 0.523 bits per heavy atom. The van der Waals surface area contributed by atoms with E-state index in [9.17, 15) is 0 Å². The van der Waals surface area contributed by atoms with Crippen LogP contribution in [-0.4, -0.2) is 26.1 Å². The second kappa shape index (κ2) is 19.6. The van der Waals surface area contributed by atoms with Crippen LogP contribution in [0, 0.1) is 0 Å². The van der Waals surface area contributed by atoms with Gasteiger partial charge >= 0.3 is 0 Å². The van der Waals surface area contributed by atoms with Crippen molar-refractivity contribution in [1.82, 2.24) is 19.9 Å². The molecule has 0 amide bonds. The van der Waals surface area contributed by atoms with E-state index in [1.807, 2.05) is 90.3 Å². The van der Waals surface area contributed by atoms with Crippen LogP contribution in [0.5, 0.6) is 0 Å². The van der Waals surface area contributed by atoms with Crippen LogP contribution in [0.3, 0.4) is 0 Å². The van der Waals surface area contributed by atoms with Crippen molar-refractivity contribution in [2.45, 2.75) is 81.3 Å². The molecule has 6 nitrogen and oxygen atoms in total. The molecule has 6 rings (SSSR count). The Bertz CT molecular complexity index is 1330. The van der Waals surface area contributed by atoms with Crippen molar-refractivity contribution in [2.75, 3.05) is 9.80 Å². The quantitative estimate of drug-likeness (QED) is 0.203. The van der Waals surface area contributed by atoms with E-state index in [2.05, 4.69) is 89.1 Å². The molecule has 0 bridgehead atoms. The van der Waals surface area contributed by atoms with Gasteiger partial charge in [-0.1, -0.05) is 105 Å². The largest absolute Gasteiger partial charge is 0.302 e. The first-order valence-corrected chi connectivity index (χ1v) is 16.2. The number of hydrogen-bond acceptors (Lipinski definition) is 6. The monoisotopic (exact) mass is 590 g/mol. The van der Waals surface area contributed by atoms with Crippen LogP contribution >= 0.6 is 0 Å². The molecular weight excluding hydrogens is 540 g/mol. The molecule has 0 saturated carbocycles. The fourth-order valence-electron chi connectivity index (χ4n) is 4.68. The fraction of sp³-hybridized carbons (Fsp3) is 0.316. The third kappa shape index (κ3) is 8.28. The molecule has 6 heteroatoms. The zero-order valence-corrected chi connectivity index (χ0v) is 28.1. The number of hydrogen-bond donors (Lipinski definition) is 0. The highest BCUT2D eigenvalue weighted by Gasteiger charge is 2.40. The molecule has 1 aliphatic rings. The zero-order valence-electron chi connectivity index (χ0n) is 28.1. The van der Waals surface area contributed by atoms with Gasteiger partial charge < -0.3 is 9.80 Å². The summed E-state index contributed by atoms with van der Waals surface area (Å²) < 4.78 is 0. The van der Waals surface area contributed by atoms with Crippen LogP contribution in [0.2, 0.25) is 0 Å².